The van der Waals surface area contributed by atoms with Crippen LogP contribution in [0, 0.1) is 0 Å². The van der Waals surface area contributed by atoms with Crippen molar-refractivity contribution in [3.63, 3.8) is 0 Å². The fourth-order valence-corrected chi connectivity index (χ4v) is 1.94. The molecule has 100 valence electrons. The first-order valence-corrected chi connectivity index (χ1v) is 6.34. The molecule has 3 N–H and O–H groups in total. The molecule has 1 atom stereocenters. The Morgan fingerprint density at radius 3 is 2.83 bits per heavy atom. The SMILES string of the molecule is CCCC(Oc1cccc(Cl)c1CCN)C(=O)O. The van der Waals surface area contributed by atoms with E-state index in [9.17, 15) is 4.79 Å². The fraction of sp³-hybridized carbons (Fsp3) is 0.462. The number of carboxylic acids is 1. The predicted molar refractivity (Wildman–Crippen MR) is 71.2 cm³/mol. The van der Waals surface area contributed by atoms with E-state index in [0.717, 1.165) is 12.0 Å². The summed E-state index contributed by atoms with van der Waals surface area (Å²) in [5, 5.41) is 9.63. The number of halogens is 1. The molecule has 4 nitrogen and oxygen atoms in total. The van der Waals surface area contributed by atoms with Crippen molar-refractivity contribution in [1.29, 1.82) is 0 Å². The van der Waals surface area contributed by atoms with Crippen molar-refractivity contribution in [2.75, 3.05) is 6.54 Å². The van der Waals surface area contributed by atoms with Crippen LogP contribution in [-0.2, 0) is 11.2 Å². The van der Waals surface area contributed by atoms with E-state index in [-0.39, 0.29) is 0 Å². The Hall–Kier alpha value is -1.26. The third kappa shape index (κ3) is 3.89. The number of rotatable bonds is 7. The zero-order chi connectivity index (χ0) is 13.5. The van der Waals surface area contributed by atoms with Gasteiger partial charge in [0.15, 0.2) is 6.10 Å². The van der Waals surface area contributed by atoms with Crippen molar-refractivity contribution in [3.8, 4) is 5.75 Å². The molecule has 0 fully saturated rings. The Morgan fingerprint density at radius 2 is 2.28 bits per heavy atom. The molecule has 0 aliphatic heterocycles. The lowest BCUT2D eigenvalue weighted by Gasteiger charge is -2.17. The first kappa shape index (κ1) is 14.8. The highest BCUT2D eigenvalue weighted by Gasteiger charge is 2.20. The van der Waals surface area contributed by atoms with Gasteiger partial charge in [0.2, 0.25) is 0 Å². The quantitative estimate of drug-likeness (QED) is 0.799. The second-order valence-corrected chi connectivity index (χ2v) is 4.40. The predicted octanol–water partition coefficient (Wildman–Crippen LogP) is 2.47. The molecule has 1 rings (SSSR count). The highest BCUT2D eigenvalue weighted by atomic mass is 35.5. The van der Waals surface area contributed by atoms with Crippen LogP contribution in [0.3, 0.4) is 0 Å². The second-order valence-electron chi connectivity index (χ2n) is 3.99. The van der Waals surface area contributed by atoms with Gasteiger partial charge in [0.05, 0.1) is 0 Å². The number of carboxylic acid groups (broad SMARTS) is 1. The Kier molecular flexibility index (Phi) is 5.95. The standard InChI is InChI=1S/C13H18ClNO3/c1-2-4-12(13(16)17)18-11-6-3-5-10(14)9(11)7-8-15/h3,5-6,12H,2,4,7-8,15H2,1H3,(H,16,17). The largest absolute Gasteiger partial charge is 0.479 e. The van der Waals surface area contributed by atoms with E-state index in [1.165, 1.54) is 0 Å². The third-order valence-corrected chi connectivity index (χ3v) is 2.92. The number of carbonyl (C=O) groups is 1. The molecule has 1 aromatic carbocycles. The van der Waals surface area contributed by atoms with Gasteiger partial charge in [0.1, 0.15) is 5.75 Å². The van der Waals surface area contributed by atoms with E-state index >= 15 is 0 Å². The lowest BCUT2D eigenvalue weighted by atomic mass is 10.1. The van der Waals surface area contributed by atoms with Crippen molar-refractivity contribution < 1.29 is 14.6 Å². The minimum Gasteiger partial charge on any atom is -0.479 e. The molecule has 5 heteroatoms. The molecule has 0 spiro atoms. The zero-order valence-corrected chi connectivity index (χ0v) is 11.1. The summed E-state index contributed by atoms with van der Waals surface area (Å²) in [5.74, 6) is -0.454. The fourth-order valence-electron chi connectivity index (χ4n) is 1.68. The Bertz CT molecular complexity index is 409. The van der Waals surface area contributed by atoms with Gasteiger partial charge in [0.25, 0.3) is 0 Å². The van der Waals surface area contributed by atoms with Crippen LogP contribution in [0.2, 0.25) is 5.02 Å². The van der Waals surface area contributed by atoms with Crippen LogP contribution in [0.1, 0.15) is 25.3 Å². The minimum atomic E-state index is -0.962. The molecule has 1 aromatic rings. The maximum Gasteiger partial charge on any atom is 0.344 e. The normalized spacial score (nSPS) is 12.2. The first-order valence-electron chi connectivity index (χ1n) is 5.97. The molecule has 18 heavy (non-hydrogen) atoms. The average molecular weight is 272 g/mol. The van der Waals surface area contributed by atoms with Crippen molar-refractivity contribution in [1.82, 2.24) is 0 Å². The van der Waals surface area contributed by atoms with Crippen molar-refractivity contribution in [3.05, 3.63) is 28.8 Å². The molecule has 0 aliphatic rings. The van der Waals surface area contributed by atoms with Gasteiger partial charge in [0, 0.05) is 10.6 Å². The minimum absolute atomic E-state index is 0.436. The molecular formula is C13H18ClNO3. The molecule has 0 aromatic heterocycles. The molecule has 1 unspecified atom stereocenters. The number of nitrogens with two attached hydrogens (primary N) is 1. The molecular weight excluding hydrogens is 254 g/mol. The monoisotopic (exact) mass is 271 g/mol. The Labute approximate surface area is 112 Å². The van der Waals surface area contributed by atoms with Crippen LogP contribution in [-0.4, -0.2) is 23.7 Å². The topological polar surface area (TPSA) is 72.5 Å². The van der Waals surface area contributed by atoms with Crippen LogP contribution < -0.4 is 10.5 Å². The van der Waals surface area contributed by atoms with Crippen molar-refractivity contribution >= 4 is 17.6 Å². The average Bonchev–Trinajstić information content (AvgIpc) is 2.32. The third-order valence-electron chi connectivity index (χ3n) is 2.57. The van der Waals surface area contributed by atoms with Gasteiger partial charge in [-0.3, -0.25) is 0 Å². The van der Waals surface area contributed by atoms with Gasteiger partial charge in [-0.25, -0.2) is 4.79 Å². The number of ether oxygens (including phenoxy) is 1. The summed E-state index contributed by atoms with van der Waals surface area (Å²) in [4.78, 5) is 11.1. The molecule has 0 bridgehead atoms. The smallest absolute Gasteiger partial charge is 0.344 e. The summed E-state index contributed by atoms with van der Waals surface area (Å²) >= 11 is 6.07. The lowest BCUT2D eigenvalue weighted by Crippen LogP contribution is -2.27. The highest BCUT2D eigenvalue weighted by Crippen LogP contribution is 2.28. The molecule has 0 aliphatic carbocycles. The highest BCUT2D eigenvalue weighted by molar-refractivity contribution is 6.31. The molecule has 0 saturated carbocycles. The molecule has 0 amide bonds. The second kappa shape index (κ2) is 7.24. The van der Waals surface area contributed by atoms with Crippen LogP contribution in [0.4, 0.5) is 0 Å². The summed E-state index contributed by atoms with van der Waals surface area (Å²) in [6.07, 6.45) is 0.922. The van der Waals surface area contributed by atoms with Crippen LogP contribution >= 0.6 is 11.6 Å². The van der Waals surface area contributed by atoms with Gasteiger partial charge in [-0.2, -0.15) is 0 Å². The first-order chi connectivity index (χ1) is 8.60. The molecule has 0 saturated heterocycles. The molecule has 0 radical (unpaired) electrons. The van der Waals surface area contributed by atoms with Crippen molar-refractivity contribution in [2.45, 2.75) is 32.3 Å². The molecule has 0 heterocycles. The number of benzene rings is 1. The van der Waals surface area contributed by atoms with Gasteiger partial charge in [-0.15, -0.1) is 0 Å². The summed E-state index contributed by atoms with van der Waals surface area (Å²) in [7, 11) is 0. The Balaban J connectivity index is 2.94. The number of hydrogen-bond acceptors (Lipinski definition) is 3. The van der Waals surface area contributed by atoms with E-state index in [4.69, 9.17) is 27.2 Å². The van der Waals surface area contributed by atoms with E-state index < -0.39 is 12.1 Å². The summed E-state index contributed by atoms with van der Waals surface area (Å²) < 4.78 is 5.54. The maximum absolute atomic E-state index is 11.1. The van der Waals surface area contributed by atoms with Crippen LogP contribution in [0.25, 0.3) is 0 Å². The van der Waals surface area contributed by atoms with Crippen molar-refractivity contribution in [2.24, 2.45) is 5.73 Å². The van der Waals surface area contributed by atoms with Gasteiger partial charge < -0.3 is 15.6 Å². The van der Waals surface area contributed by atoms with E-state index in [2.05, 4.69) is 0 Å². The maximum atomic E-state index is 11.1. The van der Waals surface area contributed by atoms with E-state index in [0.29, 0.717) is 30.2 Å². The van der Waals surface area contributed by atoms with Gasteiger partial charge in [-0.1, -0.05) is 31.0 Å². The van der Waals surface area contributed by atoms with Crippen LogP contribution in [0.5, 0.6) is 5.75 Å². The zero-order valence-electron chi connectivity index (χ0n) is 10.4. The van der Waals surface area contributed by atoms with E-state index in [1.807, 2.05) is 6.92 Å². The van der Waals surface area contributed by atoms with Gasteiger partial charge >= 0.3 is 5.97 Å². The lowest BCUT2D eigenvalue weighted by molar-refractivity contribution is -0.145. The van der Waals surface area contributed by atoms with E-state index in [1.54, 1.807) is 18.2 Å². The summed E-state index contributed by atoms with van der Waals surface area (Å²) in [6, 6.07) is 5.21. The number of hydrogen-bond donors (Lipinski definition) is 2. The van der Waals surface area contributed by atoms with Crippen LogP contribution in [0.15, 0.2) is 18.2 Å². The summed E-state index contributed by atoms with van der Waals surface area (Å²) in [5.41, 5.74) is 6.28. The van der Waals surface area contributed by atoms with Gasteiger partial charge in [-0.05, 0) is 31.5 Å². The Morgan fingerprint density at radius 1 is 1.56 bits per heavy atom. The summed E-state index contributed by atoms with van der Waals surface area (Å²) in [6.45, 7) is 2.35. The number of aliphatic carboxylic acids is 1.